The second kappa shape index (κ2) is 9.85. The molecule has 0 atom stereocenters. The highest BCUT2D eigenvalue weighted by Gasteiger charge is 1.98. The SMILES string of the molecule is CCCCCC(=O)NCCCCCl. The van der Waals surface area contributed by atoms with Gasteiger partial charge in [-0.3, -0.25) is 4.79 Å². The average molecular weight is 206 g/mol. The normalized spacial score (nSPS) is 10.0. The lowest BCUT2D eigenvalue weighted by Crippen LogP contribution is -2.23. The van der Waals surface area contributed by atoms with Gasteiger partial charge in [-0.05, 0) is 19.3 Å². The van der Waals surface area contributed by atoms with Crippen LogP contribution in [0.25, 0.3) is 0 Å². The van der Waals surface area contributed by atoms with Gasteiger partial charge in [0.15, 0.2) is 0 Å². The molecule has 0 unspecified atom stereocenters. The van der Waals surface area contributed by atoms with Gasteiger partial charge in [0.25, 0.3) is 0 Å². The van der Waals surface area contributed by atoms with E-state index in [4.69, 9.17) is 11.6 Å². The zero-order valence-electron chi connectivity index (χ0n) is 8.44. The van der Waals surface area contributed by atoms with Gasteiger partial charge in [0.2, 0.25) is 5.91 Å². The molecule has 0 saturated heterocycles. The van der Waals surface area contributed by atoms with Crippen molar-refractivity contribution in [1.29, 1.82) is 0 Å². The topological polar surface area (TPSA) is 29.1 Å². The van der Waals surface area contributed by atoms with Crippen LogP contribution in [-0.2, 0) is 4.79 Å². The number of unbranched alkanes of at least 4 members (excludes halogenated alkanes) is 3. The Morgan fingerprint density at radius 3 is 2.62 bits per heavy atom. The first-order valence-electron chi connectivity index (χ1n) is 5.14. The highest BCUT2D eigenvalue weighted by atomic mass is 35.5. The van der Waals surface area contributed by atoms with Crippen LogP contribution >= 0.6 is 11.6 Å². The Balaban J connectivity index is 3.11. The van der Waals surface area contributed by atoms with Crippen LogP contribution < -0.4 is 5.32 Å². The summed E-state index contributed by atoms with van der Waals surface area (Å²) in [4.78, 5) is 11.1. The number of nitrogens with one attached hydrogen (secondary N) is 1. The molecule has 78 valence electrons. The Kier molecular flexibility index (Phi) is 9.66. The lowest BCUT2D eigenvalue weighted by molar-refractivity contribution is -0.121. The molecule has 1 N–H and O–H groups in total. The Hall–Kier alpha value is -0.240. The summed E-state index contributed by atoms with van der Waals surface area (Å²) in [7, 11) is 0. The fourth-order valence-electron chi connectivity index (χ4n) is 1.07. The summed E-state index contributed by atoms with van der Waals surface area (Å²) < 4.78 is 0. The molecular formula is C10H20ClNO. The molecular weight excluding hydrogens is 186 g/mol. The Morgan fingerprint density at radius 1 is 1.23 bits per heavy atom. The zero-order valence-corrected chi connectivity index (χ0v) is 9.20. The van der Waals surface area contributed by atoms with Crippen LogP contribution in [0.4, 0.5) is 0 Å². The number of hydrogen-bond donors (Lipinski definition) is 1. The molecule has 0 aromatic rings. The fourth-order valence-corrected chi connectivity index (χ4v) is 1.26. The summed E-state index contributed by atoms with van der Waals surface area (Å²) in [6.45, 7) is 2.91. The molecule has 1 amide bonds. The molecule has 2 nitrogen and oxygen atoms in total. The molecule has 3 heteroatoms. The van der Waals surface area contributed by atoms with Crippen molar-refractivity contribution >= 4 is 17.5 Å². The average Bonchev–Trinajstić information content (AvgIpc) is 2.13. The number of alkyl halides is 1. The largest absolute Gasteiger partial charge is 0.356 e. The van der Waals surface area contributed by atoms with Crippen LogP contribution in [0.2, 0.25) is 0 Å². The third kappa shape index (κ3) is 9.68. The molecule has 0 fully saturated rings. The molecule has 0 heterocycles. The summed E-state index contributed by atoms with van der Waals surface area (Å²) >= 11 is 5.51. The molecule has 0 aromatic carbocycles. The number of hydrogen-bond acceptors (Lipinski definition) is 1. The van der Waals surface area contributed by atoms with Crippen LogP contribution in [0.3, 0.4) is 0 Å². The van der Waals surface area contributed by atoms with E-state index in [1.807, 2.05) is 0 Å². The van der Waals surface area contributed by atoms with Crippen molar-refractivity contribution in [3.63, 3.8) is 0 Å². The molecule has 0 saturated carbocycles. The van der Waals surface area contributed by atoms with Gasteiger partial charge in [-0.2, -0.15) is 0 Å². The van der Waals surface area contributed by atoms with Gasteiger partial charge in [0, 0.05) is 18.8 Å². The maximum absolute atomic E-state index is 11.1. The standard InChI is InChI=1S/C10H20ClNO/c1-2-3-4-7-10(13)12-9-6-5-8-11/h2-9H2,1H3,(H,12,13). The minimum atomic E-state index is 0.183. The van der Waals surface area contributed by atoms with E-state index in [-0.39, 0.29) is 5.91 Å². The first kappa shape index (κ1) is 12.8. The van der Waals surface area contributed by atoms with Crippen LogP contribution in [0.5, 0.6) is 0 Å². The molecule has 0 aliphatic carbocycles. The summed E-state index contributed by atoms with van der Waals surface area (Å²) in [5, 5.41) is 2.88. The maximum Gasteiger partial charge on any atom is 0.219 e. The molecule has 0 radical (unpaired) electrons. The lowest BCUT2D eigenvalue weighted by Gasteiger charge is -2.03. The van der Waals surface area contributed by atoms with E-state index in [1.54, 1.807) is 0 Å². The van der Waals surface area contributed by atoms with Crippen molar-refractivity contribution < 1.29 is 4.79 Å². The van der Waals surface area contributed by atoms with E-state index in [0.29, 0.717) is 12.3 Å². The van der Waals surface area contributed by atoms with E-state index in [1.165, 1.54) is 6.42 Å². The molecule has 13 heavy (non-hydrogen) atoms. The minimum Gasteiger partial charge on any atom is -0.356 e. The van der Waals surface area contributed by atoms with Gasteiger partial charge < -0.3 is 5.32 Å². The van der Waals surface area contributed by atoms with Crippen molar-refractivity contribution in [3.05, 3.63) is 0 Å². The first-order chi connectivity index (χ1) is 6.31. The summed E-state index contributed by atoms with van der Waals surface area (Å²) in [5.74, 6) is 0.870. The monoisotopic (exact) mass is 205 g/mol. The minimum absolute atomic E-state index is 0.183. The van der Waals surface area contributed by atoms with Crippen molar-refractivity contribution in [2.75, 3.05) is 12.4 Å². The summed E-state index contributed by atoms with van der Waals surface area (Å²) in [6.07, 6.45) is 5.97. The number of rotatable bonds is 8. The van der Waals surface area contributed by atoms with Gasteiger partial charge in [-0.25, -0.2) is 0 Å². The molecule has 0 rings (SSSR count). The molecule has 0 aliphatic rings. The fraction of sp³-hybridized carbons (Fsp3) is 0.900. The van der Waals surface area contributed by atoms with E-state index < -0.39 is 0 Å². The third-order valence-electron chi connectivity index (χ3n) is 1.89. The number of carbonyl (C=O) groups is 1. The quantitative estimate of drug-likeness (QED) is 0.479. The Morgan fingerprint density at radius 2 is 2.00 bits per heavy atom. The second-order valence-corrected chi connectivity index (χ2v) is 3.58. The highest BCUT2D eigenvalue weighted by molar-refractivity contribution is 6.17. The Labute approximate surface area is 86.0 Å². The van der Waals surface area contributed by atoms with Crippen molar-refractivity contribution in [3.8, 4) is 0 Å². The van der Waals surface area contributed by atoms with E-state index in [2.05, 4.69) is 12.2 Å². The second-order valence-electron chi connectivity index (χ2n) is 3.20. The van der Waals surface area contributed by atoms with Crippen LogP contribution in [0.1, 0.15) is 45.4 Å². The summed E-state index contributed by atoms with van der Waals surface area (Å²) in [5.41, 5.74) is 0. The molecule has 0 spiro atoms. The molecule has 0 aliphatic heterocycles. The van der Waals surface area contributed by atoms with Gasteiger partial charge in [0.1, 0.15) is 0 Å². The Bertz CT molecular complexity index is 128. The number of halogens is 1. The van der Waals surface area contributed by atoms with E-state index in [0.717, 1.165) is 32.2 Å². The predicted octanol–water partition coefficient (Wildman–Crippen LogP) is 2.70. The molecule has 0 bridgehead atoms. The van der Waals surface area contributed by atoms with Gasteiger partial charge in [-0.15, -0.1) is 11.6 Å². The third-order valence-corrected chi connectivity index (χ3v) is 2.16. The van der Waals surface area contributed by atoms with E-state index >= 15 is 0 Å². The van der Waals surface area contributed by atoms with Gasteiger partial charge in [-0.1, -0.05) is 19.8 Å². The zero-order chi connectivity index (χ0) is 9.94. The summed E-state index contributed by atoms with van der Waals surface area (Å²) in [6, 6.07) is 0. The smallest absolute Gasteiger partial charge is 0.219 e. The van der Waals surface area contributed by atoms with Crippen molar-refractivity contribution in [1.82, 2.24) is 5.32 Å². The maximum atomic E-state index is 11.1. The lowest BCUT2D eigenvalue weighted by atomic mass is 10.2. The van der Waals surface area contributed by atoms with Crippen LogP contribution in [0, 0.1) is 0 Å². The van der Waals surface area contributed by atoms with Crippen molar-refractivity contribution in [2.45, 2.75) is 45.4 Å². The van der Waals surface area contributed by atoms with E-state index in [9.17, 15) is 4.79 Å². The predicted molar refractivity (Wildman–Crippen MR) is 57.1 cm³/mol. The highest BCUT2D eigenvalue weighted by Crippen LogP contribution is 1.98. The van der Waals surface area contributed by atoms with Crippen LogP contribution in [0.15, 0.2) is 0 Å². The van der Waals surface area contributed by atoms with Gasteiger partial charge in [0.05, 0.1) is 0 Å². The van der Waals surface area contributed by atoms with Crippen LogP contribution in [-0.4, -0.2) is 18.3 Å². The van der Waals surface area contributed by atoms with Crippen molar-refractivity contribution in [2.24, 2.45) is 0 Å². The van der Waals surface area contributed by atoms with Gasteiger partial charge >= 0.3 is 0 Å². The number of carbonyl (C=O) groups excluding carboxylic acids is 1. The first-order valence-corrected chi connectivity index (χ1v) is 5.67. The number of amides is 1. The molecule has 0 aromatic heterocycles.